The van der Waals surface area contributed by atoms with Crippen LogP contribution < -0.4 is 10.3 Å². The van der Waals surface area contributed by atoms with Crippen LogP contribution in [0.5, 0.6) is 5.75 Å². The lowest BCUT2D eigenvalue weighted by molar-refractivity contribution is -0.385. The van der Waals surface area contributed by atoms with E-state index in [-0.39, 0.29) is 21.9 Å². The van der Waals surface area contributed by atoms with E-state index in [0.717, 1.165) is 21.6 Å². The lowest BCUT2D eigenvalue weighted by Gasteiger charge is -2.10. The van der Waals surface area contributed by atoms with Crippen LogP contribution in [0.3, 0.4) is 0 Å². The molecule has 0 aliphatic rings. The molecule has 1 aromatic heterocycles. The molecule has 0 fully saturated rings. The van der Waals surface area contributed by atoms with Gasteiger partial charge in [0, 0.05) is 27.5 Å². The molecule has 0 aliphatic carbocycles. The summed E-state index contributed by atoms with van der Waals surface area (Å²) in [5, 5.41) is 24.9. The third-order valence-corrected chi connectivity index (χ3v) is 4.91. The van der Waals surface area contributed by atoms with Crippen LogP contribution >= 0.6 is 27.5 Å². The predicted octanol–water partition coefficient (Wildman–Crippen LogP) is 4.46. The second kappa shape index (κ2) is 9.68. The number of halogens is 2. The fourth-order valence-corrected chi connectivity index (χ4v) is 3.49. The van der Waals surface area contributed by atoms with E-state index in [9.17, 15) is 14.9 Å². The Kier molecular flexibility index (Phi) is 6.99. The molecule has 0 spiro atoms. The van der Waals surface area contributed by atoms with Crippen molar-refractivity contribution in [2.75, 3.05) is 6.61 Å². The van der Waals surface area contributed by atoms with E-state index in [2.05, 4.69) is 26.0 Å². The molecule has 3 aromatic rings. The molecular formula is C20H15BrClN5O4. The second-order valence-electron chi connectivity index (χ2n) is 6.35. The number of fused-ring (bicyclic) bond motifs is 1. The van der Waals surface area contributed by atoms with Crippen molar-refractivity contribution in [3.8, 4) is 11.8 Å². The summed E-state index contributed by atoms with van der Waals surface area (Å²) in [6, 6.07) is 9.47. The summed E-state index contributed by atoms with van der Waals surface area (Å²) in [6.45, 7) is 1.54. The van der Waals surface area contributed by atoms with Crippen LogP contribution in [-0.2, 0) is 6.42 Å². The SMILES string of the molecule is CCCc1nc2ccc(Br)cc2c(=O)n1N=Cc1cc(Cl)cc([N+](=O)[O-])c1OCC#N. The van der Waals surface area contributed by atoms with Crippen molar-refractivity contribution >= 4 is 50.3 Å². The molecule has 0 amide bonds. The van der Waals surface area contributed by atoms with Crippen LogP contribution in [0.2, 0.25) is 5.02 Å². The number of benzene rings is 2. The lowest BCUT2D eigenvalue weighted by Crippen LogP contribution is -2.22. The van der Waals surface area contributed by atoms with Crippen molar-refractivity contribution in [1.82, 2.24) is 9.66 Å². The van der Waals surface area contributed by atoms with E-state index in [1.54, 1.807) is 24.3 Å². The molecule has 2 aromatic carbocycles. The van der Waals surface area contributed by atoms with Crippen LogP contribution in [-0.4, -0.2) is 27.4 Å². The number of ether oxygens (including phenoxy) is 1. The fourth-order valence-electron chi connectivity index (χ4n) is 2.91. The molecule has 0 atom stereocenters. The van der Waals surface area contributed by atoms with Gasteiger partial charge in [-0.2, -0.15) is 15.0 Å². The molecule has 0 saturated heterocycles. The molecule has 3 rings (SSSR count). The molecule has 31 heavy (non-hydrogen) atoms. The van der Waals surface area contributed by atoms with Gasteiger partial charge in [0.2, 0.25) is 5.75 Å². The molecule has 9 nitrogen and oxygen atoms in total. The minimum atomic E-state index is -0.667. The maximum Gasteiger partial charge on any atom is 0.313 e. The van der Waals surface area contributed by atoms with E-state index >= 15 is 0 Å². The number of nitro benzene ring substituents is 1. The van der Waals surface area contributed by atoms with Gasteiger partial charge in [-0.15, -0.1) is 0 Å². The molecule has 158 valence electrons. The van der Waals surface area contributed by atoms with Crippen molar-refractivity contribution in [1.29, 1.82) is 5.26 Å². The summed E-state index contributed by atoms with van der Waals surface area (Å²) < 4.78 is 7.12. The van der Waals surface area contributed by atoms with Crippen molar-refractivity contribution in [3.05, 3.63) is 71.7 Å². The van der Waals surface area contributed by atoms with Crippen LogP contribution in [0.25, 0.3) is 10.9 Å². The highest BCUT2D eigenvalue weighted by Crippen LogP contribution is 2.33. The van der Waals surface area contributed by atoms with Crippen molar-refractivity contribution < 1.29 is 9.66 Å². The number of hydrogen-bond donors (Lipinski definition) is 0. The Labute approximate surface area is 189 Å². The lowest BCUT2D eigenvalue weighted by atomic mass is 10.2. The Bertz CT molecular complexity index is 1300. The fraction of sp³-hybridized carbons (Fsp3) is 0.200. The van der Waals surface area contributed by atoms with Gasteiger partial charge in [-0.1, -0.05) is 34.5 Å². The van der Waals surface area contributed by atoms with Gasteiger partial charge in [-0.05, 0) is 30.7 Å². The van der Waals surface area contributed by atoms with E-state index in [1.807, 2.05) is 6.92 Å². The Morgan fingerprint density at radius 3 is 2.87 bits per heavy atom. The topological polar surface area (TPSA) is 123 Å². The predicted molar refractivity (Wildman–Crippen MR) is 120 cm³/mol. The van der Waals surface area contributed by atoms with Crippen LogP contribution in [0.15, 0.2) is 44.7 Å². The number of nitro groups is 1. The van der Waals surface area contributed by atoms with E-state index in [1.165, 1.54) is 12.3 Å². The zero-order valence-corrected chi connectivity index (χ0v) is 18.6. The first-order chi connectivity index (χ1) is 14.8. The first kappa shape index (κ1) is 22.4. The highest BCUT2D eigenvalue weighted by Gasteiger charge is 2.21. The summed E-state index contributed by atoms with van der Waals surface area (Å²) >= 11 is 9.36. The van der Waals surface area contributed by atoms with Crippen molar-refractivity contribution in [3.63, 3.8) is 0 Å². The largest absolute Gasteiger partial charge is 0.471 e. The molecule has 0 aliphatic heterocycles. The summed E-state index contributed by atoms with van der Waals surface area (Å²) in [5.74, 6) is 0.274. The zero-order chi connectivity index (χ0) is 22.5. The van der Waals surface area contributed by atoms with Gasteiger partial charge in [0.1, 0.15) is 11.9 Å². The number of nitrogens with zero attached hydrogens (tertiary/aromatic N) is 5. The summed E-state index contributed by atoms with van der Waals surface area (Å²) in [4.78, 5) is 28.3. The Hall–Kier alpha value is -3.29. The maximum absolute atomic E-state index is 13.1. The Morgan fingerprint density at radius 1 is 1.42 bits per heavy atom. The van der Waals surface area contributed by atoms with E-state index in [0.29, 0.717) is 23.1 Å². The van der Waals surface area contributed by atoms with Crippen molar-refractivity contribution in [2.45, 2.75) is 19.8 Å². The number of aryl methyl sites for hydroxylation is 1. The normalized spacial score (nSPS) is 11.0. The molecule has 11 heteroatoms. The summed E-state index contributed by atoms with van der Waals surface area (Å²) in [7, 11) is 0. The summed E-state index contributed by atoms with van der Waals surface area (Å²) in [6.07, 6.45) is 2.45. The highest BCUT2D eigenvalue weighted by atomic mass is 79.9. The van der Waals surface area contributed by atoms with Gasteiger partial charge >= 0.3 is 5.69 Å². The summed E-state index contributed by atoms with van der Waals surface area (Å²) in [5.41, 5.74) is -0.106. The third kappa shape index (κ3) is 4.90. The Morgan fingerprint density at radius 2 is 2.19 bits per heavy atom. The quantitative estimate of drug-likeness (QED) is 0.266. The van der Waals surface area contributed by atoms with Gasteiger partial charge in [0.05, 0.1) is 22.0 Å². The van der Waals surface area contributed by atoms with Gasteiger partial charge in [0.25, 0.3) is 5.56 Å². The number of hydrogen-bond acceptors (Lipinski definition) is 7. The van der Waals surface area contributed by atoms with Crippen LogP contribution in [0.4, 0.5) is 5.69 Å². The first-order valence-corrected chi connectivity index (χ1v) is 10.3. The van der Waals surface area contributed by atoms with Gasteiger partial charge < -0.3 is 4.74 Å². The van der Waals surface area contributed by atoms with E-state index < -0.39 is 17.2 Å². The van der Waals surface area contributed by atoms with Crippen LogP contribution in [0, 0.1) is 21.4 Å². The molecule has 0 bridgehead atoms. The monoisotopic (exact) mass is 503 g/mol. The van der Waals surface area contributed by atoms with Gasteiger partial charge in [-0.3, -0.25) is 14.9 Å². The van der Waals surface area contributed by atoms with E-state index in [4.69, 9.17) is 21.6 Å². The first-order valence-electron chi connectivity index (χ1n) is 9.09. The third-order valence-electron chi connectivity index (χ3n) is 4.20. The number of rotatable bonds is 7. The van der Waals surface area contributed by atoms with Crippen LogP contribution in [0.1, 0.15) is 24.7 Å². The number of aromatic nitrogens is 2. The molecular weight excluding hydrogens is 490 g/mol. The standard InChI is InChI=1S/C20H15BrClN5O4/c1-2-3-18-25-16-5-4-13(21)9-15(16)20(28)26(18)24-11-12-8-14(22)10-17(27(29)30)19(12)31-7-6-23/h4-5,8-11H,2-3,7H2,1H3. The molecule has 1 heterocycles. The molecule has 0 radical (unpaired) electrons. The van der Waals surface area contributed by atoms with Crippen molar-refractivity contribution in [2.24, 2.45) is 5.10 Å². The van der Waals surface area contributed by atoms with Gasteiger partial charge in [-0.25, -0.2) is 4.98 Å². The average Bonchev–Trinajstić information content (AvgIpc) is 2.73. The highest BCUT2D eigenvalue weighted by molar-refractivity contribution is 9.10. The second-order valence-corrected chi connectivity index (χ2v) is 7.70. The smallest absolute Gasteiger partial charge is 0.313 e. The number of nitriles is 1. The molecule has 0 unspecified atom stereocenters. The average molecular weight is 505 g/mol. The van der Waals surface area contributed by atoms with Gasteiger partial charge in [0.15, 0.2) is 6.61 Å². The molecule has 0 saturated carbocycles. The minimum absolute atomic E-state index is 0.0825. The Balaban J connectivity index is 2.20. The maximum atomic E-state index is 13.1. The molecule has 0 N–H and O–H groups in total. The zero-order valence-electron chi connectivity index (χ0n) is 16.2. The minimum Gasteiger partial charge on any atom is -0.471 e.